The number of hydrogen-bond acceptors (Lipinski definition) is 2. The van der Waals surface area contributed by atoms with Crippen molar-refractivity contribution in [2.75, 3.05) is 0 Å². The number of rotatable bonds is 2. The predicted octanol–water partition coefficient (Wildman–Crippen LogP) is 4.13. The number of esters is 1. The molecule has 2 aromatic rings. The molecule has 0 saturated heterocycles. The van der Waals surface area contributed by atoms with Crippen LogP contribution >= 0.6 is 15.9 Å². The average molecular weight is 315 g/mol. The molecule has 1 heterocycles. The van der Waals surface area contributed by atoms with Gasteiger partial charge < -0.3 is 4.74 Å². The first-order valence-electron chi connectivity index (χ1n) is 5.98. The fourth-order valence-electron chi connectivity index (χ4n) is 2.09. The first kappa shape index (κ1) is 12.2. The third-order valence-electron chi connectivity index (χ3n) is 3.07. The van der Waals surface area contributed by atoms with E-state index in [1.807, 2.05) is 60.7 Å². The molecule has 2 aromatic carbocycles. The molecular formula is C16H11BrO2. The van der Waals surface area contributed by atoms with Gasteiger partial charge >= 0.3 is 5.97 Å². The minimum atomic E-state index is -0.316. The summed E-state index contributed by atoms with van der Waals surface area (Å²) in [6.07, 6.45) is 1.88. The smallest absolute Gasteiger partial charge is 0.322 e. The van der Waals surface area contributed by atoms with E-state index in [4.69, 9.17) is 4.74 Å². The van der Waals surface area contributed by atoms with Crippen LogP contribution in [0.4, 0.5) is 0 Å². The fraction of sp³-hybridized carbons (Fsp3) is 0.0625. The molecule has 0 aromatic heterocycles. The highest BCUT2D eigenvalue weighted by Crippen LogP contribution is 2.33. The predicted molar refractivity (Wildman–Crippen MR) is 77.4 cm³/mol. The molecular weight excluding hydrogens is 304 g/mol. The second-order valence-corrected chi connectivity index (χ2v) is 5.26. The third-order valence-corrected chi connectivity index (χ3v) is 3.60. The van der Waals surface area contributed by atoms with Crippen LogP contribution in [0.5, 0.6) is 0 Å². The Morgan fingerprint density at radius 1 is 0.947 bits per heavy atom. The van der Waals surface area contributed by atoms with Gasteiger partial charge in [0.25, 0.3) is 0 Å². The molecule has 0 N–H and O–H groups in total. The molecule has 1 aliphatic rings. The lowest BCUT2D eigenvalue weighted by atomic mass is 9.99. The van der Waals surface area contributed by atoms with E-state index in [0.717, 1.165) is 15.6 Å². The Kier molecular flexibility index (Phi) is 3.22. The Balaban J connectivity index is 1.93. The lowest BCUT2D eigenvalue weighted by Gasteiger charge is -2.04. The van der Waals surface area contributed by atoms with Crippen LogP contribution in [0.2, 0.25) is 0 Å². The van der Waals surface area contributed by atoms with Gasteiger partial charge in [-0.25, -0.2) is 0 Å². The molecule has 1 unspecified atom stereocenters. The SMILES string of the molecule is O=C1OC(c2ccccc2)=CC1c1ccc(Br)cc1. The molecule has 0 saturated carbocycles. The maximum Gasteiger partial charge on any atom is 0.322 e. The van der Waals surface area contributed by atoms with Gasteiger partial charge in [0.05, 0.1) is 0 Å². The molecule has 0 bridgehead atoms. The van der Waals surface area contributed by atoms with E-state index < -0.39 is 0 Å². The third kappa shape index (κ3) is 2.47. The minimum absolute atomic E-state index is 0.221. The van der Waals surface area contributed by atoms with Crippen molar-refractivity contribution in [3.63, 3.8) is 0 Å². The molecule has 3 heteroatoms. The summed E-state index contributed by atoms with van der Waals surface area (Å²) in [5.74, 6) is 0.100. The summed E-state index contributed by atoms with van der Waals surface area (Å²) >= 11 is 3.39. The normalized spacial score (nSPS) is 18.1. The molecule has 0 amide bonds. The summed E-state index contributed by atoms with van der Waals surface area (Å²) in [5.41, 5.74) is 1.87. The zero-order valence-electron chi connectivity index (χ0n) is 10.0. The quantitative estimate of drug-likeness (QED) is 0.779. The summed E-state index contributed by atoms with van der Waals surface area (Å²) in [7, 11) is 0. The van der Waals surface area contributed by atoms with Crippen molar-refractivity contribution in [2.45, 2.75) is 5.92 Å². The van der Waals surface area contributed by atoms with Crippen molar-refractivity contribution in [2.24, 2.45) is 0 Å². The number of carbonyl (C=O) groups is 1. The Morgan fingerprint density at radius 3 is 2.32 bits per heavy atom. The van der Waals surface area contributed by atoms with Gasteiger partial charge in [-0.3, -0.25) is 4.79 Å². The van der Waals surface area contributed by atoms with Crippen LogP contribution in [0.15, 0.2) is 65.1 Å². The van der Waals surface area contributed by atoms with E-state index in [2.05, 4.69) is 15.9 Å². The molecule has 19 heavy (non-hydrogen) atoms. The molecule has 3 rings (SSSR count). The summed E-state index contributed by atoms with van der Waals surface area (Å²) in [6.45, 7) is 0. The van der Waals surface area contributed by atoms with Crippen LogP contribution in [0, 0.1) is 0 Å². The van der Waals surface area contributed by atoms with Crippen LogP contribution < -0.4 is 0 Å². The monoisotopic (exact) mass is 314 g/mol. The largest absolute Gasteiger partial charge is 0.426 e. The topological polar surface area (TPSA) is 26.3 Å². The maximum atomic E-state index is 12.0. The van der Waals surface area contributed by atoms with Crippen LogP contribution in [0.3, 0.4) is 0 Å². The van der Waals surface area contributed by atoms with Crippen molar-refractivity contribution in [1.29, 1.82) is 0 Å². The van der Waals surface area contributed by atoms with Crippen molar-refractivity contribution in [1.82, 2.24) is 0 Å². The van der Waals surface area contributed by atoms with E-state index in [1.54, 1.807) is 0 Å². The van der Waals surface area contributed by atoms with Gasteiger partial charge in [-0.2, -0.15) is 0 Å². The van der Waals surface area contributed by atoms with Gasteiger partial charge in [0.1, 0.15) is 11.7 Å². The standard InChI is InChI=1S/C16H11BrO2/c17-13-8-6-11(7-9-13)14-10-15(19-16(14)18)12-4-2-1-3-5-12/h1-10,14H. The van der Waals surface area contributed by atoms with E-state index in [1.165, 1.54) is 0 Å². The van der Waals surface area contributed by atoms with Gasteiger partial charge in [-0.1, -0.05) is 58.4 Å². The zero-order valence-corrected chi connectivity index (χ0v) is 11.6. The minimum Gasteiger partial charge on any atom is -0.426 e. The van der Waals surface area contributed by atoms with Gasteiger partial charge in [0.15, 0.2) is 0 Å². The number of benzene rings is 2. The number of hydrogen-bond donors (Lipinski definition) is 0. The van der Waals surface area contributed by atoms with Crippen LogP contribution in [0.1, 0.15) is 17.0 Å². The van der Waals surface area contributed by atoms with Crippen molar-refractivity contribution >= 4 is 27.7 Å². The molecule has 0 fully saturated rings. The molecule has 2 nitrogen and oxygen atoms in total. The first-order chi connectivity index (χ1) is 9.24. The Labute approximate surface area is 119 Å². The molecule has 94 valence electrons. The summed E-state index contributed by atoms with van der Waals surface area (Å²) < 4.78 is 6.35. The summed E-state index contributed by atoms with van der Waals surface area (Å²) in [6, 6.07) is 17.4. The molecule has 1 atom stereocenters. The number of carbonyl (C=O) groups excluding carboxylic acids is 1. The van der Waals surface area contributed by atoms with Crippen LogP contribution in [0.25, 0.3) is 5.76 Å². The molecule has 0 aliphatic carbocycles. The first-order valence-corrected chi connectivity index (χ1v) is 6.78. The van der Waals surface area contributed by atoms with Gasteiger partial charge in [0, 0.05) is 10.0 Å². The van der Waals surface area contributed by atoms with Crippen molar-refractivity contribution in [3.05, 3.63) is 76.3 Å². The lowest BCUT2D eigenvalue weighted by Crippen LogP contribution is -2.06. The zero-order chi connectivity index (χ0) is 13.2. The second-order valence-electron chi connectivity index (χ2n) is 4.35. The van der Waals surface area contributed by atoms with Gasteiger partial charge in [-0.05, 0) is 23.8 Å². The fourth-order valence-corrected chi connectivity index (χ4v) is 2.35. The van der Waals surface area contributed by atoms with Crippen molar-refractivity contribution in [3.8, 4) is 0 Å². The lowest BCUT2D eigenvalue weighted by molar-refractivity contribution is -0.135. The van der Waals surface area contributed by atoms with E-state index in [9.17, 15) is 4.79 Å². The van der Waals surface area contributed by atoms with E-state index in [0.29, 0.717) is 5.76 Å². The highest BCUT2D eigenvalue weighted by molar-refractivity contribution is 9.10. The highest BCUT2D eigenvalue weighted by atomic mass is 79.9. The van der Waals surface area contributed by atoms with Gasteiger partial charge in [-0.15, -0.1) is 0 Å². The van der Waals surface area contributed by atoms with E-state index in [-0.39, 0.29) is 11.9 Å². The molecule has 1 aliphatic heterocycles. The number of cyclic esters (lactones) is 1. The Morgan fingerprint density at radius 2 is 1.63 bits per heavy atom. The van der Waals surface area contributed by atoms with Crippen molar-refractivity contribution < 1.29 is 9.53 Å². The number of ether oxygens (including phenoxy) is 1. The van der Waals surface area contributed by atoms with Crippen LogP contribution in [-0.2, 0) is 9.53 Å². The number of halogens is 1. The van der Waals surface area contributed by atoms with E-state index >= 15 is 0 Å². The Bertz CT molecular complexity index is 630. The maximum absolute atomic E-state index is 12.0. The molecule has 0 radical (unpaired) electrons. The highest BCUT2D eigenvalue weighted by Gasteiger charge is 2.29. The summed E-state index contributed by atoms with van der Waals surface area (Å²) in [4.78, 5) is 12.0. The summed E-state index contributed by atoms with van der Waals surface area (Å²) in [5, 5.41) is 0. The Hall–Kier alpha value is -1.87. The van der Waals surface area contributed by atoms with Gasteiger partial charge in [0.2, 0.25) is 0 Å². The van der Waals surface area contributed by atoms with Crippen LogP contribution in [-0.4, -0.2) is 5.97 Å². The second kappa shape index (κ2) is 5.02. The average Bonchev–Trinajstić information content (AvgIpc) is 2.83. The molecule has 0 spiro atoms.